The Bertz CT molecular complexity index is 527. The third-order valence-corrected chi connectivity index (χ3v) is 5.10. The summed E-state index contributed by atoms with van der Waals surface area (Å²) in [6, 6.07) is 8.55. The zero-order valence-corrected chi connectivity index (χ0v) is 17.8. The van der Waals surface area contributed by atoms with E-state index in [0.717, 1.165) is 12.0 Å². The lowest BCUT2D eigenvalue weighted by Gasteiger charge is -2.33. The van der Waals surface area contributed by atoms with Gasteiger partial charge in [-0.25, -0.2) is 0 Å². The minimum Gasteiger partial charge on any atom is -0.469 e. The molecule has 0 aliphatic rings. The Labute approximate surface area is 149 Å². The van der Waals surface area contributed by atoms with Gasteiger partial charge in [0.25, 0.3) is 0 Å². The van der Waals surface area contributed by atoms with Crippen LogP contribution in [0.1, 0.15) is 45.7 Å². The number of hydrogen-bond donors (Lipinski definition) is 0. The van der Waals surface area contributed by atoms with Gasteiger partial charge in [0.2, 0.25) is 0 Å². The summed E-state index contributed by atoms with van der Waals surface area (Å²) in [5, 5.41) is 0. The van der Waals surface area contributed by atoms with Crippen LogP contribution < -0.4 is 0 Å². The Morgan fingerprint density at radius 1 is 1.04 bits per heavy atom. The van der Waals surface area contributed by atoms with E-state index in [2.05, 4.69) is 58.1 Å². The molecule has 1 atom stereocenters. The summed E-state index contributed by atoms with van der Waals surface area (Å²) in [4.78, 5) is 11.8. The summed E-state index contributed by atoms with van der Waals surface area (Å²) in [6.45, 7) is 15.0. The molecule has 0 aliphatic carbocycles. The van der Waals surface area contributed by atoms with Gasteiger partial charge in [0.15, 0.2) is 9.04 Å². The molecule has 1 aromatic rings. The van der Waals surface area contributed by atoms with E-state index in [1.54, 1.807) is 0 Å². The standard InChI is InChI=1S/C20H34O3Si/c1-19(2,3)17(23-24(7)8)13-15-9-11-16(12-10-15)14-20(4,5)18(21)22-6/h9-12,17,24H,13-14H2,1-8H3. The average molecular weight is 351 g/mol. The van der Waals surface area contributed by atoms with Crippen molar-refractivity contribution in [3.05, 3.63) is 35.4 Å². The number of methoxy groups -OCH3 is 1. The SMILES string of the molecule is COC(=O)C(C)(C)Cc1ccc(CC(O[SiH](C)C)C(C)(C)C)cc1. The molecule has 0 amide bonds. The van der Waals surface area contributed by atoms with Crippen LogP contribution in [-0.4, -0.2) is 28.2 Å². The smallest absolute Gasteiger partial charge is 0.311 e. The minimum absolute atomic E-state index is 0.128. The Kier molecular flexibility index (Phi) is 7.23. The van der Waals surface area contributed by atoms with Crippen LogP contribution in [0.15, 0.2) is 24.3 Å². The summed E-state index contributed by atoms with van der Waals surface area (Å²) >= 11 is 0. The van der Waals surface area contributed by atoms with Gasteiger partial charge in [-0.1, -0.05) is 45.0 Å². The highest BCUT2D eigenvalue weighted by atomic mass is 28.3. The first kappa shape index (κ1) is 20.9. The van der Waals surface area contributed by atoms with Gasteiger partial charge in [0.1, 0.15) is 0 Å². The maximum atomic E-state index is 11.8. The van der Waals surface area contributed by atoms with Gasteiger partial charge < -0.3 is 9.16 Å². The lowest BCUT2D eigenvalue weighted by molar-refractivity contribution is -0.150. The van der Waals surface area contributed by atoms with Gasteiger partial charge in [-0.05, 0) is 56.3 Å². The third kappa shape index (κ3) is 6.40. The first-order chi connectivity index (χ1) is 11.0. The van der Waals surface area contributed by atoms with Crippen molar-refractivity contribution in [1.29, 1.82) is 0 Å². The predicted octanol–water partition coefficient (Wildman–Crippen LogP) is 4.39. The second-order valence-corrected chi connectivity index (χ2v) is 11.0. The monoisotopic (exact) mass is 350 g/mol. The van der Waals surface area contributed by atoms with E-state index in [-0.39, 0.29) is 17.5 Å². The van der Waals surface area contributed by atoms with Crippen LogP contribution in [0.2, 0.25) is 13.1 Å². The fourth-order valence-corrected chi connectivity index (χ4v) is 3.91. The zero-order chi connectivity index (χ0) is 18.5. The van der Waals surface area contributed by atoms with Gasteiger partial charge in [-0.3, -0.25) is 4.79 Å². The molecule has 136 valence electrons. The van der Waals surface area contributed by atoms with E-state index in [1.165, 1.54) is 12.7 Å². The van der Waals surface area contributed by atoms with E-state index >= 15 is 0 Å². The number of benzene rings is 1. The van der Waals surface area contributed by atoms with E-state index in [1.807, 2.05) is 13.8 Å². The lowest BCUT2D eigenvalue weighted by atomic mass is 9.84. The van der Waals surface area contributed by atoms with E-state index in [4.69, 9.17) is 9.16 Å². The predicted molar refractivity (Wildman–Crippen MR) is 103 cm³/mol. The van der Waals surface area contributed by atoms with Gasteiger partial charge in [-0.2, -0.15) is 0 Å². The molecule has 0 heterocycles. The molecule has 1 aromatic carbocycles. The fourth-order valence-electron chi connectivity index (χ4n) is 2.75. The normalized spacial score (nSPS) is 13.9. The van der Waals surface area contributed by atoms with Gasteiger partial charge >= 0.3 is 5.97 Å². The summed E-state index contributed by atoms with van der Waals surface area (Å²) in [5.41, 5.74) is 2.06. The van der Waals surface area contributed by atoms with Crippen LogP contribution >= 0.6 is 0 Å². The molecule has 1 rings (SSSR count). The number of carbonyl (C=O) groups excluding carboxylic acids is 1. The van der Waals surface area contributed by atoms with Crippen molar-refractivity contribution in [2.75, 3.05) is 7.11 Å². The van der Waals surface area contributed by atoms with E-state index < -0.39 is 14.5 Å². The molecule has 0 saturated heterocycles. The number of rotatable bonds is 7. The molecule has 0 spiro atoms. The van der Waals surface area contributed by atoms with Gasteiger partial charge in [0, 0.05) is 0 Å². The Hall–Kier alpha value is -1.13. The van der Waals surface area contributed by atoms with E-state index in [9.17, 15) is 4.79 Å². The minimum atomic E-state index is -1.07. The maximum absolute atomic E-state index is 11.8. The van der Waals surface area contributed by atoms with E-state index in [0.29, 0.717) is 6.42 Å². The van der Waals surface area contributed by atoms with Crippen LogP contribution in [0.4, 0.5) is 0 Å². The molecule has 0 bridgehead atoms. The van der Waals surface area contributed by atoms with Crippen molar-refractivity contribution < 1.29 is 14.0 Å². The molecule has 0 aliphatic heterocycles. The number of ether oxygens (including phenoxy) is 1. The van der Waals surface area contributed by atoms with Gasteiger partial charge in [0.05, 0.1) is 18.6 Å². The fraction of sp³-hybridized carbons (Fsp3) is 0.650. The van der Waals surface area contributed by atoms with Crippen LogP contribution in [-0.2, 0) is 26.8 Å². The number of carbonyl (C=O) groups is 1. The summed E-state index contributed by atoms with van der Waals surface area (Å²) in [6.07, 6.45) is 1.84. The quantitative estimate of drug-likeness (QED) is 0.540. The highest BCUT2D eigenvalue weighted by molar-refractivity contribution is 6.48. The third-order valence-electron chi connectivity index (χ3n) is 4.23. The highest BCUT2D eigenvalue weighted by Gasteiger charge is 2.29. The van der Waals surface area contributed by atoms with Crippen LogP contribution in [0.25, 0.3) is 0 Å². The van der Waals surface area contributed by atoms with Crippen LogP contribution in [0.3, 0.4) is 0 Å². The largest absolute Gasteiger partial charge is 0.469 e. The Balaban J connectivity index is 2.81. The van der Waals surface area contributed by atoms with Crippen molar-refractivity contribution >= 4 is 15.0 Å². The summed E-state index contributed by atoms with van der Waals surface area (Å²) in [7, 11) is 0.368. The zero-order valence-electron chi connectivity index (χ0n) is 16.6. The molecule has 1 unspecified atom stereocenters. The van der Waals surface area contributed by atoms with Crippen molar-refractivity contribution in [3.8, 4) is 0 Å². The first-order valence-corrected chi connectivity index (χ1v) is 11.6. The molecule has 3 nitrogen and oxygen atoms in total. The van der Waals surface area contributed by atoms with Crippen molar-refractivity contribution in [3.63, 3.8) is 0 Å². The Morgan fingerprint density at radius 3 is 1.96 bits per heavy atom. The van der Waals surface area contributed by atoms with Crippen molar-refractivity contribution in [2.45, 2.75) is 66.7 Å². The number of esters is 1. The molecule has 0 radical (unpaired) electrons. The summed E-state index contributed by atoms with van der Waals surface area (Å²) < 4.78 is 11.1. The van der Waals surface area contributed by atoms with Crippen molar-refractivity contribution in [2.24, 2.45) is 10.8 Å². The maximum Gasteiger partial charge on any atom is 0.311 e. The molecular formula is C20H34O3Si. The second kappa shape index (κ2) is 8.30. The van der Waals surface area contributed by atoms with Crippen molar-refractivity contribution in [1.82, 2.24) is 0 Å². The lowest BCUT2D eigenvalue weighted by Crippen LogP contribution is -2.35. The second-order valence-electron chi connectivity index (χ2n) is 8.61. The number of hydrogen-bond acceptors (Lipinski definition) is 3. The van der Waals surface area contributed by atoms with Gasteiger partial charge in [-0.15, -0.1) is 0 Å². The highest BCUT2D eigenvalue weighted by Crippen LogP contribution is 2.27. The van der Waals surface area contributed by atoms with Crippen LogP contribution in [0.5, 0.6) is 0 Å². The molecular weight excluding hydrogens is 316 g/mol. The average Bonchev–Trinajstić information content (AvgIpc) is 2.45. The Morgan fingerprint density at radius 2 is 1.54 bits per heavy atom. The van der Waals surface area contributed by atoms with Crippen LogP contribution in [0, 0.1) is 10.8 Å². The molecule has 4 heteroatoms. The molecule has 0 saturated carbocycles. The topological polar surface area (TPSA) is 35.5 Å². The summed E-state index contributed by atoms with van der Waals surface area (Å²) in [5.74, 6) is -0.172. The molecule has 0 aromatic heterocycles. The molecule has 0 N–H and O–H groups in total. The first-order valence-electron chi connectivity index (χ1n) is 8.77. The molecule has 0 fully saturated rings. The molecule has 24 heavy (non-hydrogen) atoms.